The van der Waals surface area contributed by atoms with Crippen LogP contribution in [0.4, 0.5) is 5.69 Å². The van der Waals surface area contributed by atoms with E-state index in [1.807, 2.05) is 19.1 Å². The van der Waals surface area contributed by atoms with Gasteiger partial charge in [0.05, 0.1) is 29.9 Å². The molecule has 100 valence electrons. The Morgan fingerprint density at radius 2 is 2.26 bits per heavy atom. The number of nitrogen functional groups attached to an aromatic ring is 1. The van der Waals surface area contributed by atoms with Gasteiger partial charge >= 0.3 is 0 Å². The zero-order valence-corrected chi connectivity index (χ0v) is 10.8. The third-order valence-corrected chi connectivity index (χ3v) is 3.83. The van der Waals surface area contributed by atoms with Gasteiger partial charge in [-0.3, -0.25) is 4.79 Å². The van der Waals surface area contributed by atoms with Crippen LogP contribution in [0.1, 0.15) is 23.8 Å². The number of hydrogen-bond donors (Lipinski definition) is 3. The molecule has 4 N–H and O–H groups in total. The molecule has 1 amide bonds. The van der Waals surface area contributed by atoms with Gasteiger partial charge in [-0.1, -0.05) is 19.1 Å². The van der Waals surface area contributed by atoms with Crippen LogP contribution >= 0.6 is 0 Å². The molecule has 0 bridgehead atoms. The number of nitrogens with zero attached hydrogens (tertiary/aromatic N) is 1. The second kappa shape index (κ2) is 3.99. The molecular formula is C14H17N3O2. The van der Waals surface area contributed by atoms with E-state index < -0.39 is 5.60 Å². The Bertz CT molecular complexity index is 641. The van der Waals surface area contributed by atoms with Gasteiger partial charge in [-0.2, -0.15) is 0 Å². The Kier molecular flexibility index (Phi) is 2.53. The van der Waals surface area contributed by atoms with Crippen molar-refractivity contribution in [2.75, 3.05) is 18.8 Å². The lowest BCUT2D eigenvalue weighted by Crippen LogP contribution is -2.63. The summed E-state index contributed by atoms with van der Waals surface area (Å²) in [5, 5.41) is 10.9. The van der Waals surface area contributed by atoms with Gasteiger partial charge in [-0.15, -0.1) is 0 Å². The molecule has 2 aromatic rings. The van der Waals surface area contributed by atoms with Gasteiger partial charge in [0.25, 0.3) is 5.91 Å². The highest BCUT2D eigenvalue weighted by molar-refractivity contribution is 6.01. The maximum absolute atomic E-state index is 12.3. The summed E-state index contributed by atoms with van der Waals surface area (Å²) in [5.74, 6) is -0.0891. The zero-order valence-electron chi connectivity index (χ0n) is 10.8. The number of anilines is 1. The van der Waals surface area contributed by atoms with Crippen LogP contribution in [0.25, 0.3) is 10.9 Å². The van der Waals surface area contributed by atoms with Gasteiger partial charge < -0.3 is 20.7 Å². The molecule has 0 aliphatic carbocycles. The van der Waals surface area contributed by atoms with Crippen molar-refractivity contribution in [3.8, 4) is 0 Å². The number of hydrogen-bond acceptors (Lipinski definition) is 3. The molecule has 0 atom stereocenters. The van der Waals surface area contributed by atoms with Gasteiger partial charge in [-0.05, 0) is 18.6 Å². The third kappa shape index (κ3) is 1.86. The van der Waals surface area contributed by atoms with Crippen molar-refractivity contribution in [3.05, 3.63) is 30.0 Å². The molecule has 0 unspecified atom stereocenters. The maximum atomic E-state index is 12.3. The number of carbonyl (C=O) groups excluding carboxylic acids is 1. The minimum Gasteiger partial charge on any atom is -0.397 e. The fraction of sp³-hybridized carbons (Fsp3) is 0.357. The van der Waals surface area contributed by atoms with Crippen molar-refractivity contribution >= 4 is 22.5 Å². The van der Waals surface area contributed by atoms with E-state index >= 15 is 0 Å². The second-order valence-electron chi connectivity index (χ2n) is 5.23. The number of likely N-dealkylation sites (tertiary alicyclic amines) is 1. The van der Waals surface area contributed by atoms with E-state index in [1.54, 1.807) is 17.0 Å². The number of aliphatic hydroxyl groups is 1. The van der Waals surface area contributed by atoms with Crippen molar-refractivity contribution < 1.29 is 9.90 Å². The molecule has 1 aliphatic heterocycles. The van der Waals surface area contributed by atoms with Gasteiger partial charge in [0, 0.05) is 5.39 Å². The average Bonchev–Trinajstić information content (AvgIpc) is 2.79. The number of aromatic amines is 1. The molecule has 0 spiro atoms. The van der Waals surface area contributed by atoms with Gasteiger partial charge in [-0.25, -0.2) is 0 Å². The summed E-state index contributed by atoms with van der Waals surface area (Å²) in [7, 11) is 0. The maximum Gasteiger partial charge on any atom is 0.270 e. The van der Waals surface area contributed by atoms with E-state index in [0.29, 0.717) is 30.9 Å². The Balaban J connectivity index is 1.85. The molecule has 2 heterocycles. The molecule has 3 rings (SSSR count). The average molecular weight is 259 g/mol. The van der Waals surface area contributed by atoms with Crippen molar-refractivity contribution in [3.63, 3.8) is 0 Å². The molecule has 1 aromatic carbocycles. The van der Waals surface area contributed by atoms with Crippen LogP contribution in [-0.2, 0) is 0 Å². The van der Waals surface area contributed by atoms with E-state index in [0.717, 1.165) is 10.9 Å². The fourth-order valence-electron chi connectivity index (χ4n) is 2.50. The number of nitrogens with one attached hydrogen (secondary N) is 1. The first-order valence-corrected chi connectivity index (χ1v) is 6.41. The SMILES string of the molecule is CCC1(O)CN(C(=O)c2cc3cccc(N)c3[nH]2)C1. The molecule has 5 nitrogen and oxygen atoms in total. The minimum absolute atomic E-state index is 0.0891. The zero-order chi connectivity index (χ0) is 13.6. The summed E-state index contributed by atoms with van der Waals surface area (Å²) >= 11 is 0. The third-order valence-electron chi connectivity index (χ3n) is 3.83. The monoisotopic (exact) mass is 259 g/mol. The number of aromatic nitrogens is 1. The van der Waals surface area contributed by atoms with Crippen LogP contribution in [0.3, 0.4) is 0 Å². The molecule has 1 fully saturated rings. The van der Waals surface area contributed by atoms with Crippen molar-refractivity contribution in [2.24, 2.45) is 0 Å². The highest BCUT2D eigenvalue weighted by Crippen LogP contribution is 2.27. The van der Waals surface area contributed by atoms with Crippen molar-refractivity contribution in [1.29, 1.82) is 0 Å². The second-order valence-corrected chi connectivity index (χ2v) is 5.23. The summed E-state index contributed by atoms with van der Waals surface area (Å²) in [6.45, 7) is 2.71. The number of fused-ring (bicyclic) bond motifs is 1. The van der Waals surface area contributed by atoms with E-state index in [-0.39, 0.29) is 5.91 Å². The first kappa shape index (κ1) is 12.0. The number of benzene rings is 1. The highest BCUT2D eigenvalue weighted by atomic mass is 16.3. The number of β-amino-alcohol motifs (C(OH)–C–C–N with tert-alkyl or cyclic N) is 1. The van der Waals surface area contributed by atoms with Crippen molar-refractivity contribution in [1.82, 2.24) is 9.88 Å². The Morgan fingerprint density at radius 1 is 1.53 bits per heavy atom. The molecule has 1 aromatic heterocycles. The lowest BCUT2D eigenvalue weighted by molar-refractivity contribution is -0.0827. The molecule has 5 heteroatoms. The number of amides is 1. The largest absolute Gasteiger partial charge is 0.397 e. The highest BCUT2D eigenvalue weighted by Gasteiger charge is 2.42. The molecular weight excluding hydrogens is 242 g/mol. The first-order chi connectivity index (χ1) is 9.02. The standard InChI is InChI=1S/C14H17N3O2/c1-2-14(19)7-17(8-14)13(18)11-6-9-4-3-5-10(15)12(9)16-11/h3-6,16,19H,2,7-8,15H2,1H3. The Labute approximate surface area is 111 Å². The van der Waals surface area contributed by atoms with Crippen LogP contribution < -0.4 is 5.73 Å². The number of carbonyl (C=O) groups is 1. The summed E-state index contributed by atoms with van der Waals surface area (Å²) in [6.07, 6.45) is 0.663. The van der Waals surface area contributed by atoms with Gasteiger partial charge in [0.1, 0.15) is 5.69 Å². The van der Waals surface area contributed by atoms with Gasteiger partial charge in [0.2, 0.25) is 0 Å². The summed E-state index contributed by atoms with van der Waals surface area (Å²) in [4.78, 5) is 17.0. The van der Waals surface area contributed by atoms with Crippen LogP contribution in [0.15, 0.2) is 24.3 Å². The molecule has 0 saturated carbocycles. The topological polar surface area (TPSA) is 82.3 Å². The molecule has 1 saturated heterocycles. The number of rotatable bonds is 2. The van der Waals surface area contributed by atoms with Gasteiger partial charge in [0.15, 0.2) is 0 Å². The number of nitrogens with two attached hydrogens (primary N) is 1. The van der Waals surface area contributed by atoms with Crippen LogP contribution in [0, 0.1) is 0 Å². The smallest absolute Gasteiger partial charge is 0.270 e. The van der Waals surface area contributed by atoms with Crippen LogP contribution in [0.2, 0.25) is 0 Å². The lowest BCUT2D eigenvalue weighted by atomic mass is 9.91. The number of para-hydroxylation sites is 1. The predicted molar refractivity (Wildman–Crippen MR) is 73.9 cm³/mol. The van der Waals surface area contributed by atoms with E-state index in [9.17, 15) is 9.90 Å². The first-order valence-electron chi connectivity index (χ1n) is 6.41. The predicted octanol–water partition coefficient (Wildman–Crippen LogP) is 1.35. The fourth-order valence-corrected chi connectivity index (χ4v) is 2.50. The van der Waals surface area contributed by atoms with E-state index in [2.05, 4.69) is 4.98 Å². The molecule has 1 aliphatic rings. The Morgan fingerprint density at radius 3 is 2.89 bits per heavy atom. The molecule has 0 radical (unpaired) electrons. The normalized spacial score (nSPS) is 17.5. The van der Waals surface area contributed by atoms with Crippen LogP contribution in [-0.4, -0.2) is 39.6 Å². The lowest BCUT2D eigenvalue weighted by Gasteiger charge is -2.45. The minimum atomic E-state index is -0.708. The summed E-state index contributed by atoms with van der Waals surface area (Å²) < 4.78 is 0. The Hall–Kier alpha value is -2.01. The number of H-pyrrole nitrogens is 1. The van der Waals surface area contributed by atoms with Crippen molar-refractivity contribution in [2.45, 2.75) is 18.9 Å². The summed E-state index contributed by atoms with van der Waals surface area (Å²) in [6, 6.07) is 7.38. The van der Waals surface area contributed by atoms with Crippen LogP contribution in [0.5, 0.6) is 0 Å². The molecule has 19 heavy (non-hydrogen) atoms. The quantitative estimate of drug-likeness (QED) is 0.712. The van der Waals surface area contributed by atoms with E-state index in [4.69, 9.17) is 5.73 Å². The van der Waals surface area contributed by atoms with E-state index in [1.165, 1.54) is 0 Å². The summed E-state index contributed by atoms with van der Waals surface area (Å²) in [5.41, 5.74) is 7.09.